The van der Waals surface area contributed by atoms with Crippen LogP contribution in [0.2, 0.25) is 0 Å². The zero-order valence-electron chi connectivity index (χ0n) is 10.9. The van der Waals surface area contributed by atoms with Gasteiger partial charge in [-0.1, -0.05) is 0 Å². The first-order chi connectivity index (χ1) is 8.61. The number of aliphatic hydroxyl groups is 1. The molecule has 0 aliphatic heterocycles. The smallest absolute Gasteiger partial charge is 0.329 e. The van der Waals surface area contributed by atoms with E-state index in [1.54, 1.807) is 0 Å². The standard InChI is InChI=1S/C11H22N2O5/c1-9(15)13-10(11(16)17-2)8-12-4-3-6-18-7-5-14/h10,12,14H,3-8H2,1-2H3,(H,13,15). The van der Waals surface area contributed by atoms with Gasteiger partial charge in [0.1, 0.15) is 6.04 Å². The second-order valence-corrected chi connectivity index (χ2v) is 3.67. The highest BCUT2D eigenvalue weighted by molar-refractivity contribution is 5.83. The van der Waals surface area contributed by atoms with Gasteiger partial charge in [-0.25, -0.2) is 4.79 Å². The summed E-state index contributed by atoms with van der Waals surface area (Å²) >= 11 is 0. The molecule has 0 aromatic carbocycles. The lowest BCUT2D eigenvalue weighted by Crippen LogP contribution is -2.47. The van der Waals surface area contributed by atoms with E-state index >= 15 is 0 Å². The van der Waals surface area contributed by atoms with Crippen molar-refractivity contribution >= 4 is 11.9 Å². The number of rotatable bonds is 10. The predicted molar refractivity (Wildman–Crippen MR) is 65.0 cm³/mol. The Morgan fingerprint density at radius 3 is 2.61 bits per heavy atom. The molecular weight excluding hydrogens is 240 g/mol. The molecule has 0 fully saturated rings. The summed E-state index contributed by atoms with van der Waals surface area (Å²) in [5.74, 6) is -0.757. The summed E-state index contributed by atoms with van der Waals surface area (Å²) in [6, 6.07) is -0.675. The summed E-state index contributed by atoms with van der Waals surface area (Å²) in [5, 5.41) is 14.0. The number of nitrogens with one attached hydrogen (secondary N) is 2. The summed E-state index contributed by atoms with van der Waals surface area (Å²) in [4.78, 5) is 22.2. The second kappa shape index (κ2) is 10.9. The van der Waals surface area contributed by atoms with Crippen molar-refractivity contribution in [2.24, 2.45) is 0 Å². The van der Waals surface area contributed by atoms with Gasteiger partial charge < -0.3 is 25.2 Å². The molecule has 106 valence electrons. The molecule has 7 nitrogen and oxygen atoms in total. The fourth-order valence-electron chi connectivity index (χ4n) is 1.29. The van der Waals surface area contributed by atoms with E-state index in [-0.39, 0.29) is 12.5 Å². The van der Waals surface area contributed by atoms with Gasteiger partial charge in [0.2, 0.25) is 5.91 Å². The average Bonchev–Trinajstić information content (AvgIpc) is 2.34. The van der Waals surface area contributed by atoms with E-state index in [0.29, 0.717) is 26.3 Å². The molecule has 1 amide bonds. The van der Waals surface area contributed by atoms with Crippen molar-refractivity contribution in [3.05, 3.63) is 0 Å². The number of methoxy groups -OCH3 is 1. The molecule has 0 rings (SSSR count). The summed E-state index contributed by atoms with van der Waals surface area (Å²) in [6.07, 6.45) is 0.758. The van der Waals surface area contributed by atoms with Crippen molar-refractivity contribution in [3.8, 4) is 0 Å². The van der Waals surface area contributed by atoms with E-state index < -0.39 is 12.0 Å². The monoisotopic (exact) mass is 262 g/mol. The van der Waals surface area contributed by atoms with E-state index in [1.165, 1.54) is 14.0 Å². The molecule has 0 saturated heterocycles. The summed E-state index contributed by atoms with van der Waals surface area (Å²) in [7, 11) is 1.28. The molecular formula is C11H22N2O5. The molecule has 7 heteroatoms. The second-order valence-electron chi connectivity index (χ2n) is 3.67. The lowest BCUT2D eigenvalue weighted by molar-refractivity contribution is -0.144. The number of amides is 1. The maximum atomic E-state index is 11.3. The van der Waals surface area contributed by atoms with Crippen molar-refractivity contribution < 1.29 is 24.2 Å². The number of hydrogen-bond acceptors (Lipinski definition) is 6. The van der Waals surface area contributed by atoms with Crippen molar-refractivity contribution in [2.45, 2.75) is 19.4 Å². The van der Waals surface area contributed by atoms with Gasteiger partial charge in [-0.3, -0.25) is 4.79 Å². The summed E-state index contributed by atoms with van der Waals surface area (Å²) in [6.45, 7) is 3.19. The fourth-order valence-corrected chi connectivity index (χ4v) is 1.29. The van der Waals surface area contributed by atoms with Gasteiger partial charge in [-0.05, 0) is 13.0 Å². The number of ether oxygens (including phenoxy) is 2. The minimum Gasteiger partial charge on any atom is -0.467 e. The Morgan fingerprint density at radius 1 is 1.33 bits per heavy atom. The Morgan fingerprint density at radius 2 is 2.06 bits per heavy atom. The van der Waals surface area contributed by atoms with Crippen LogP contribution >= 0.6 is 0 Å². The number of carbonyl (C=O) groups excluding carboxylic acids is 2. The zero-order chi connectivity index (χ0) is 13.8. The molecule has 0 heterocycles. The molecule has 0 aromatic heterocycles. The van der Waals surface area contributed by atoms with E-state index in [9.17, 15) is 9.59 Å². The maximum Gasteiger partial charge on any atom is 0.329 e. The van der Waals surface area contributed by atoms with Crippen molar-refractivity contribution in [1.82, 2.24) is 10.6 Å². The maximum absolute atomic E-state index is 11.3. The van der Waals surface area contributed by atoms with Gasteiger partial charge in [-0.15, -0.1) is 0 Å². The molecule has 0 radical (unpaired) electrons. The van der Waals surface area contributed by atoms with E-state index in [4.69, 9.17) is 9.84 Å². The Labute approximate surface area is 107 Å². The first kappa shape index (κ1) is 16.8. The van der Waals surface area contributed by atoms with E-state index in [1.807, 2.05) is 0 Å². The normalized spacial score (nSPS) is 11.9. The SMILES string of the molecule is COC(=O)C(CNCCCOCCO)NC(C)=O. The Hall–Kier alpha value is -1.18. The average molecular weight is 262 g/mol. The molecule has 0 bridgehead atoms. The van der Waals surface area contributed by atoms with Crippen LogP contribution in [-0.4, -0.2) is 63.0 Å². The van der Waals surface area contributed by atoms with Crippen LogP contribution in [0.3, 0.4) is 0 Å². The Bertz CT molecular complexity index is 248. The zero-order valence-corrected chi connectivity index (χ0v) is 10.9. The number of aliphatic hydroxyl groups excluding tert-OH is 1. The van der Waals surface area contributed by atoms with Crippen LogP contribution in [0.4, 0.5) is 0 Å². The largest absolute Gasteiger partial charge is 0.467 e. The van der Waals surface area contributed by atoms with Crippen LogP contribution in [0.5, 0.6) is 0 Å². The van der Waals surface area contributed by atoms with Crippen molar-refractivity contribution in [3.63, 3.8) is 0 Å². The van der Waals surface area contributed by atoms with Gasteiger partial charge in [-0.2, -0.15) is 0 Å². The molecule has 3 N–H and O–H groups in total. The van der Waals surface area contributed by atoms with Gasteiger partial charge >= 0.3 is 5.97 Å². The van der Waals surface area contributed by atoms with Crippen LogP contribution in [-0.2, 0) is 19.1 Å². The quantitative estimate of drug-likeness (QED) is 0.333. The number of carbonyl (C=O) groups is 2. The van der Waals surface area contributed by atoms with Crippen LogP contribution in [0.25, 0.3) is 0 Å². The summed E-state index contributed by atoms with van der Waals surface area (Å²) in [5.41, 5.74) is 0. The topological polar surface area (TPSA) is 96.9 Å². The van der Waals surface area contributed by atoms with Gasteiger partial charge in [0.15, 0.2) is 0 Å². The van der Waals surface area contributed by atoms with Crippen molar-refractivity contribution in [2.75, 3.05) is 40.0 Å². The highest BCUT2D eigenvalue weighted by Crippen LogP contribution is 1.88. The van der Waals surface area contributed by atoms with E-state index in [2.05, 4.69) is 15.4 Å². The third-order valence-corrected chi connectivity index (χ3v) is 2.09. The fraction of sp³-hybridized carbons (Fsp3) is 0.818. The molecule has 18 heavy (non-hydrogen) atoms. The Kier molecular flexibility index (Phi) is 10.2. The first-order valence-electron chi connectivity index (χ1n) is 5.86. The van der Waals surface area contributed by atoms with E-state index in [0.717, 1.165) is 6.42 Å². The van der Waals surface area contributed by atoms with Crippen LogP contribution in [0.15, 0.2) is 0 Å². The number of hydrogen-bond donors (Lipinski definition) is 3. The van der Waals surface area contributed by atoms with Crippen LogP contribution in [0, 0.1) is 0 Å². The summed E-state index contributed by atoms with van der Waals surface area (Å²) < 4.78 is 9.65. The lowest BCUT2D eigenvalue weighted by atomic mass is 10.3. The molecule has 0 spiro atoms. The molecule has 1 atom stereocenters. The molecule has 0 saturated carbocycles. The van der Waals surface area contributed by atoms with Crippen LogP contribution < -0.4 is 10.6 Å². The predicted octanol–water partition coefficient (Wildman–Crippen LogP) is -1.35. The molecule has 0 aliphatic rings. The van der Waals surface area contributed by atoms with Gasteiger partial charge in [0.25, 0.3) is 0 Å². The third kappa shape index (κ3) is 8.91. The molecule has 1 unspecified atom stereocenters. The third-order valence-electron chi connectivity index (χ3n) is 2.09. The molecule has 0 aromatic rings. The highest BCUT2D eigenvalue weighted by Gasteiger charge is 2.19. The highest BCUT2D eigenvalue weighted by atomic mass is 16.5. The van der Waals surface area contributed by atoms with Gasteiger partial charge in [0.05, 0.1) is 20.3 Å². The van der Waals surface area contributed by atoms with Crippen molar-refractivity contribution in [1.29, 1.82) is 0 Å². The number of esters is 1. The lowest BCUT2D eigenvalue weighted by Gasteiger charge is -2.16. The minimum absolute atomic E-state index is 0.0143. The molecule has 0 aliphatic carbocycles. The minimum atomic E-state index is -0.675. The van der Waals surface area contributed by atoms with Crippen LogP contribution in [0.1, 0.15) is 13.3 Å². The Balaban J connectivity index is 3.69. The van der Waals surface area contributed by atoms with Gasteiger partial charge in [0, 0.05) is 20.1 Å². The first-order valence-corrected chi connectivity index (χ1v) is 5.86.